The van der Waals surface area contributed by atoms with E-state index in [0.29, 0.717) is 10.7 Å². The Balaban J connectivity index is 0. The van der Waals surface area contributed by atoms with Crippen molar-refractivity contribution in [1.29, 1.82) is 0 Å². The Labute approximate surface area is 151 Å². The van der Waals surface area contributed by atoms with E-state index in [1.54, 1.807) is 39.0 Å². The number of benzene rings is 1. The number of hydrogen-bond acceptors (Lipinski definition) is 3. The summed E-state index contributed by atoms with van der Waals surface area (Å²) in [5, 5.41) is 5.57. The Morgan fingerprint density at radius 2 is 1.62 bits per heavy atom. The summed E-state index contributed by atoms with van der Waals surface area (Å²) in [7, 11) is 0. The normalized spacial score (nSPS) is 9.54. The number of amides is 2. The molecule has 0 fully saturated rings. The van der Waals surface area contributed by atoms with Gasteiger partial charge in [-0.25, -0.2) is 4.79 Å². The van der Waals surface area contributed by atoms with E-state index in [9.17, 15) is 9.59 Å². The molecule has 0 saturated carbocycles. The number of halogens is 1. The summed E-state index contributed by atoms with van der Waals surface area (Å²) < 4.78 is 5.03. The Morgan fingerprint density at radius 1 is 1.08 bits per heavy atom. The maximum Gasteiger partial charge on any atom is 0.408 e. The molecule has 0 aliphatic heterocycles. The fraction of sp³-hybridized carbons (Fsp3) is 0.556. The van der Waals surface area contributed by atoms with Crippen LogP contribution in [-0.2, 0) is 9.53 Å². The topological polar surface area (TPSA) is 67.4 Å². The second-order valence-corrected chi connectivity index (χ2v) is 5.86. The molecule has 1 aromatic carbocycles. The van der Waals surface area contributed by atoms with Crippen molar-refractivity contribution < 1.29 is 14.3 Å². The average molecular weight is 359 g/mol. The molecule has 0 unspecified atom stereocenters. The highest BCUT2D eigenvalue weighted by molar-refractivity contribution is 6.31. The quantitative estimate of drug-likeness (QED) is 0.783. The summed E-state index contributed by atoms with van der Waals surface area (Å²) in [6.45, 7) is 15.0. The van der Waals surface area contributed by atoms with Crippen LogP contribution >= 0.6 is 11.6 Å². The third-order valence-electron chi connectivity index (χ3n) is 2.12. The molecule has 0 atom stereocenters. The summed E-state index contributed by atoms with van der Waals surface area (Å²) in [4.78, 5) is 23.1. The molecule has 0 spiro atoms. The van der Waals surface area contributed by atoms with Crippen molar-refractivity contribution in [3.63, 3.8) is 0 Å². The fourth-order valence-corrected chi connectivity index (χ4v) is 1.77. The van der Waals surface area contributed by atoms with Crippen molar-refractivity contribution in [3.8, 4) is 0 Å². The standard InChI is InChI=1S/C14H19ClN2O3.2C2H6/c1-9-5-10(15)7-11(6-9)17-12(18)8-16-13(19)20-14(2,3)4;2*1-2/h5-7H,8H2,1-4H3,(H,16,19)(H,17,18);2*1-2H3. The van der Waals surface area contributed by atoms with Crippen molar-refractivity contribution >= 4 is 29.3 Å². The van der Waals surface area contributed by atoms with E-state index in [4.69, 9.17) is 16.3 Å². The van der Waals surface area contributed by atoms with Gasteiger partial charge in [0.15, 0.2) is 0 Å². The third-order valence-corrected chi connectivity index (χ3v) is 2.34. The Morgan fingerprint density at radius 3 is 2.08 bits per heavy atom. The number of aryl methyl sites for hydroxylation is 1. The molecule has 0 heterocycles. The molecule has 0 radical (unpaired) electrons. The number of alkyl carbamates (subject to hydrolysis) is 1. The maximum atomic E-state index is 11.7. The number of anilines is 1. The predicted octanol–water partition coefficient (Wildman–Crippen LogP) is 5.16. The van der Waals surface area contributed by atoms with Crippen molar-refractivity contribution in [2.45, 2.75) is 61.0 Å². The van der Waals surface area contributed by atoms with Crippen LogP contribution in [0.3, 0.4) is 0 Å². The number of carbonyl (C=O) groups is 2. The minimum Gasteiger partial charge on any atom is -0.444 e. The smallest absolute Gasteiger partial charge is 0.408 e. The molecule has 0 aliphatic carbocycles. The van der Waals surface area contributed by atoms with E-state index >= 15 is 0 Å². The molecule has 24 heavy (non-hydrogen) atoms. The van der Waals surface area contributed by atoms with Crippen LogP contribution in [0.4, 0.5) is 10.5 Å². The van der Waals surface area contributed by atoms with Crippen LogP contribution < -0.4 is 10.6 Å². The van der Waals surface area contributed by atoms with E-state index in [1.807, 2.05) is 34.6 Å². The summed E-state index contributed by atoms with van der Waals surface area (Å²) in [5.74, 6) is -0.350. The third kappa shape index (κ3) is 12.8. The van der Waals surface area contributed by atoms with Crippen molar-refractivity contribution in [3.05, 3.63) is 28.8 Å². The van der Waals surface area contributed by atoms with Crippen LogP contribution in [0.15, 0.2) is 18.2 Å². The van der Waals surface area contributed by atoms with Crippen molar-refractivity contribution in [2.75, 3.05) is 11.9 Å². The first-order chi connectivity index (χ1) is 11.2. The monoisotopic (exact) mass is 358 g/mol. The molecule has 0 aromatic heterocycles. The van der Waals surface area contributed by atoms with Gasteiger partial charge < -0.3 is 15.4 Å². The summed E-state index contributed by atoms with van der Waals surface area (Å²) in [6, 6.07) is 5.22. The molecule has 5 nitrogen and oxygen atoms in total. The van der Waals surface area contributed by atoms with E-state index in [-0.39, 0.29) is 12.5 Å². The molecule has 1 rings (SSSR count). The SMILES string of the molecule is CC.CC.Cc1cc(Cl)cc(NC(=O)CNC(=O)OC(C)(C)C)c1. The molecular formula is C18H31ClN2O3. The van der Waals surface area contributed by atoms with Gasteiger partial charge >= 0.3 is 6.09 Å². The van der Waals surface area contributed by atoms with Gasteiger partial charge in [0.05, 0.1) is 0 Å². The van der Waals surface area contributed by atoms with Crippen LogP contribution in [0.25, 0.3) is 0 Å². The van der Waals surface area contributed by atoms with Crippen molar-refractivity contribution in [1.82, 2.24) is 5.32 Å². The Hall–Kier alpha value is -1.75. The van der Waals surface area contributed by atoms with E-state index in [2.05, 4.69) is 10.6 Å². The first-order valence-electron chi connectivity index (χ1n) is 8.19. The number of nitrogens with one attached hydrogen (secondary N) is 2. The van der Waals surface area contributed by atoms with Crippen LogP contribution in [0.2, 0.25) is 5.02 Å². The van der Waals surface area contributed by atoms with Crippen LogP contribution in [0.1, 0.15) is 54.0 Å². The number of hydrogen-bond donors (Lipinski definition) is 2. The summed E-state index contributed by atoms with van der Waals surface area (Å²) in [6.07, 6.45) is -0.630. The molecule has 6 heteroatoms. The highest BCUT2D eigenvalue weighted by Crippen LogP contribution is 2.18. The molecule has 0 saturated heterocycles. The lowest BCUT2D eigenvalue weighted by atomic mass is 10.2. The summed E-state index contributed by atoms with van der Waals surface area (Å²) >= 11 is 5.89. The minimum absolute atomic E-state index is 0.166. The molecule has 138 valence electrons. The van der Waals surface area contributed by atoms with Crippen LogP contribution in [0.5, 0.6) is 0 Å². The first-order valence-corrected chi connectivity index (χ1v) is 8.57. The van der Waals surface area contributed by atoms with Gasteiger partial charge in [-0.05, 0) is 51.5 Å². The van der Waals surface area contributed by atoms with Gasteiger partial charge in [0.2, 0.25) is 5.91 Å². The number of carbonyl (C=O) groups excluding carboxylic acids is 2. The predicted molar refractivity (Wildman–Crippen MR) is 102 cm³/mol. The van der Waals surface area contributed by atoms with E-state index < -0.39 is 11.7 Å². The first kappa shape index (κ1) is 24.5. The molecular weight excluding hydrogens is 328 g/mol. The lowest BCUT2D eigenvalue weighted by molar-refractivity contribution is -0.115. The van der Waals surface area contributed by atoms with Gasteiger partial charge in [-0.15, -0.1) is 0 Å². The molecule has 2 N–H and O–H groups in total. The van der Waals surface area contributed by atoms with Gasteiger partial charge in [0, 0.05) is 10.7 Å². The second-order valence-electron chi connectivity index (χ2n) is 5.42. The molecule has 1 aromatic rings. The minimum atomic E-state index is -0.630. The Bertz CT molecular complexity index is 491. The lowest BCUT2D eigenvalue weighted by Gasteiger charge is -2.19. The van der Waals surface area contributed by atoms with E-state index in [1.165, 1.54) is 0 Å². The average Bonchev–Trinajstić information content (AvgIpc) is 2.46. The highest BCUT2D eigenvalue weighted by atomic mass is 35.5. The van der Waals surface area contributed by atoms with Crippen LogP contribution in [0, 0.1) is 6.92 Å². The van der Waals surface area contributed by atoms with Crippen LogP contribution in [-0.4, -0.2) is 24.1 Å². The number of rotatable bonds is 3. The van der Waals surface area contributed by atoms with Gasteiger partial charge in [-0.2, -0.15) is 0 Å². The highest BCUT2D eigenvalue weighted by Gasteiger charge is 2.16. The largest absolute Gasteiger partial charge is 0.444 e. The fourth-order valence-electron chi connectivity index (χ4n) is 1.48. The molecule has 2 amide bonds. The van der Waals surface area contributed by atoms with Crippen molar-refractivity contribution in [2.24, 2.45) is 0 Å². The lowest BCUT2D eigenvalue weighted by Crippen LogP contribution is -2.37. The van der Waals surface area contributed by atoms with Gasteiger partial charge in [-0.1, -0.05) is 39.3 Å². The van der Waals surface area contributed by atoms with Gasteiger partial charge in [-0.3, -0.25) is 4.79 Å². The molecule has 0 aliphatic rings. The zero-order valence-corrected chi connectivity index (χ0v) is 16.8. The summed E-state index contributed by atoms with van der Waals surface area (Å²) in [5.41, 5.74) is 0.934. The zero-order valence-electron chi connectivity index (χ0n) is 16.0. The zero-order chi connectivity index (χ0) is 19.3. The Kier molecular flexibility index (Phi) is 12.9. The van der Waals surface area contributed by atoms with E-state index in [0.717, 1.165) is 5.56 Å². The van der Waals surface area contributed by atoms with Gasteiger partial charge in [0.25, 0.3) is 0 Å². The maximum absolute atomic E-state index is 11.7. The number of ether oxygens (including phenoxy) is 1. The second kappa shape index (κ2) is 12.6. The van der Waals surface area contributed by atoms with Gasteiger partial charge in [0.1, 0.15) is 12.1 Å². The molecule has 0 bridgehead atoms.